The fourth-order valence-corrected chi connectivity index (χ4v) is 4.98. The molecule has 1 atom stereocenters. The van der Waals surface area contributed by atoms with Crippen molar-refractivity contribution in [3.63, 3.8) is 0 Å². The van der Waals surface area contributed by atoms with Gasteiger partial charge in [-0.05, 0) is 54.2 Å². The highest BCUT2D eigenvalue weighted by atomic mass is 32.1. The Labute approximate surface area is 194 Å². The number of carbonyl (C=O) groups is 2. The molecule has 1 N–H and O–H groups in total. The lowest BCUT2D eigenvalue weighted by molar-refractivity contribution is -0.140. The van der Waals surface area contributed by atoms with Crippen molar-refractivity contribution < 1.29 is 19.4 Å². The molecule has 1 saturated heterocycles. The first-order chi connectivity index (χ1) is 15.3. The molecule has 1 aliphatic rings. The van der Waals surface area contributed by atoms with E-state index in [1.54, 1.807) is 24.1 Å². The number of thiophene rings is 1. The van der Waals surface area contributed by atoms with Crippen molar-refractivity contribution in [1.82, 2.24) is 9.80 Å². The SMILES string of the molecule is CCN(CC)CCN1C(=O)C(=O)/C(=C(\O)c2ccc(OC)c(C(C)C)c2)C1c1cccs1. The summed E-state index contributed by atoms with van der Waals surface area (Å²) in [6, 6.07) is 8.58. The van der Waals surface area contributed by atoms with E-state index in [9.17, 15) is 14.7 Å². The molecule has 2 heterocycles. The Morgan fingerprint density at radius 3 is 2.50 bits per heavy atom. The lowest BCUT2D eigenvalue weighted by Gasteiger charge is -2.27. The number of likely N-dealkylation sites (N-methyl/N-ethyl adjacent to an activating group) is 1. The van der Waals surface area contributed by atoms with Gasteiger partial charge in [0, 0.05) is 23.5 Å². The third kappa shape index (κ3) is 4.59. The fourth-order valence-electron chi connectivity index (χ4n) is 4.13. The zero-order valence-corrected chi connectivity index (χ0v) is 20.2. The molecular weight excluding hydrogens is 424 g/mol. The standard InChI is InChI=1S/C25H32N2O4S/c1-6-26(7-2)12-13-27-22(20-9-8-14-32-20)21(24(29)25(27)30)23(28)17-10-11-19(31-5)18(15-17)16(3)4/h8-11,14-16,22,28H,6-7,12-13H2,1-5H3/b23-21-. The number of aliphatic hydroxyl groups excluding tert-OH is 1. The maximum Gasteiger partial charge on any atom is 0.295 e. The lowest BCUT2D eigenvalue weighted by atomic mass is 9.95. The molecule has 1 unspecified atom stereocenters. The van der Waals surface area contributed by atoms with Gasteiger partial charge in [-0.25, -0.2) is 0 Å². The molecule has 0 radical (unpaired) electrons. The highest BCUT2D eigenvalue weighted by molar-refractivity contribution is 7.10. The maximum absolute atomic E-state index is 13.1. The summed E-state index contributed by atoms with van der Waals surface area (Å²) in [5, 5.41) is 13.2. The minimum atomic E-state index is -0.637. The van der Waals surface area contributed by atoms with Crippen LogP contribution in [0.3, 0.4) is 0 Å². The number of Topliss-reactive ketones (excluding diaryl/α,β-unsaturated/α-hetero) is 1. The number of rotatable bonds is 9. The number of ketones is 1. The number of likely N-dealkylation sites (tertiary alicyclic amines) is 1. The highest BCUT2D eigenvalue weighted by Crippen LogP contribution is 2.41. The van der Waals surface area contributed by atoms with Gasteiger partial charge in [-0.2, -0.15) is 0 Å². The van der Waals surface area contributed by atoms with Crippen molar-refractivity contribution in [2.75, 3.05) is 33.3 Å². The molecule has 1 aliphatic heterocycles. The summed E-state index contributed by atoms with van der Waals surface area (Å²) in [5.74, 6) is -0.443. The van der Waals surface area contributed by atoms with E-state index in [1.165, 1.54) is 11.3 Å². The Kier molecular flexibility index (Phi) is 7.74. The first-order valence-electron chi connectivity index (χ1n) is 11.1. The second-order valence-corrected chi connectivity index (χ2v) is 9.13. The molecular formula is C25H32N2O4S. The summed E-state index contributed by atoms with van der Waals surface area (Å²) < 4.78 is 5.45. The van der Waals surface area contributed by atoms with Gasteiger partial charge in [0.1, 0.15) is 11.5 Å². The predicted octanol–water partition coefficient (Wildman–Crippen LogP) is 4.64. The van der Waals surface area contributed by atoms with Crippen LogP contribution >= 0.6 is 11.3 Å². The van der Waals surface area contributed by atoms with E-state index in [0.717, 1.165) is 29.3 Å². The van der Waals surface area contributed by atoms with E-state index < -0.39 is 17.7 Å². The number of amides is 1. The van der Waals surface area contributed by atoms with Gasteiger partial charge in [-0.3, -0.25) is 9.59 Å². The first-order valence-corrected chi connectivity index (χ1v) is 11.9. The first kappa shape index (κ1) is 24.0. The van der Waals surface area contributed by atoms with Gasteiger partial charge in [0.2, 0.25) is 0 Å². The second-order valence-electron chi connectivity index (χ2n) is 8.15. The van der Waals surface area contributed by atoms with E-state index in [4.69, 9.17) is 4.74 Å². The summed E-state index contributed by atoms with van der Waals surface area (Å²) in [6.07, 6.45) is 0. The number of nitrogens with zero attached hydrogens (tertiary/aromatic N) is 2. The van der Waals surface area contributed by atoms with Gasteiger partial charge in [0.25, 0.3) is 11.7 Å². The quantitative estimate of drug-likeness (QED) is 0.338. The molecule has 172 valence electrons. The van der Waals surface area contributed by atoms with Gasteiger partial charge in [-0.1, -0.05) is 33.8 Å². The Hall–Kier alpha value is -2.64. The third-order valence-electron chi connectivity index (χ3n) is 6.03. The van der Waals surface area contributed by atoms with Crippen LogP contribution in [-0.4, -0.2) is 59.9 Å². The third-order valence-corrected chi connectivity index (χ3v) is 6.95. The Bertz CT molecular complexity index is 993. The van der Waals surface area contributed by atoms with Crippen LogP contribution in [0.4, 0.5) is 0 Å². The Morgan fingerprint density at radius 2 is 1.94 bits per heavy atom. The molecule has 1 fully saturated rings. The topological polar surface area (TPSA) is 70.1 Å². The van der Waals surface area contributed by atoms with E-state index in [-0.39, 0.29) is 17.3 Å². The van der Waals surface area contributed by atoms with Crippen molar-refractivity contribution in [2.24, 2.45) is 0 Å². The normalized spacial score (nSPS) is 18.2. The molecule has 3 rings (SSSR count). The van der Waals surface area contributed by atoms with Gasteiger partial charge >= 0.3 is 0 Å². The summed E-state index contributed by atoms with van der Waals surface area (Å²) in [6.45, 7) is 11.1. The smallest absolute Gasteiger partial charge is 0.295 e. The molecule has 1 aromatic carbocycles. The van der Waals surface area contributed by atoms with Gasteiger partial charge in [-0.15, -0.1) is 11.3 Å². The highest BCUT2D eigenvalue weighted by Gasteiger charge is 2.46. The van der Waals surface area contributed by atoms with Crippen LogP contribution in [0.25, 0.3) is 5.76 Å². The minimum Gasteiger partial charge on any atom is -0.507 e. The average Bonchev–Trinajstić information content (AvgIpc) is 3.41. The van der Waals surface area contributed by atoms with Gasteiger partial charge in [0.15, 0.2) is 0 Å². The number of methoxy groups -OCH3 is 1. The van der Waals surface area contributed by atoms with Crippen molar-refractivity contribution in [1.29, 1.82) is 0 Å². The number of hydrogen-bond donors (Lipinski definition) is 1. The number of aliphatic hydroxyl groups is 1. The van der Waals surface area contributed by atoms with E-state index >= 15 is 0 Å². The van der Waals surface area contributed by atoms with E-state index in [1.807, 2.05) is 37.4 Å². The van der Waals surface area contributed by atoms with Crippen LogP contribution in [0.2, 0.25) is 0 Å². The molecule has 0 bridgehead atoms. The van der Waals surface area contributed by atoms with Gasteiger partial charge in [0.05, 0.1) is 18.7 Å². The summed E-state index contributed by atoms with van der Waals surface area (Å²) in [4.78, 5) is 30.8. The molecule has 1 amide bonds. The average molecular weight is 457 g/mol. The molecule has 6 nitrogen and oxygen atoms in total. The van der Waals surface area contributed by atoms with Crippen molar-refractivity contribution in [3.05, 3.63) is 57.3 Å². The molecule has 2 aromatic rings. The molecule has 0 aliphatic carbocycles. The van der Waals surface area contributed by atoms with Crippen LogP contribution < -0.4 is 4.74 Å². The van der Waals surface area contributed by atoms with Crippen molar-refractivity contribution in [2.45, 2.75) is 39.7 Å². The van der Waals surface area contributed by atoms with Crippen LogP contribution in [0.5, 0.6) is 5.75 Å². The lowest BCUT2D eigenvalue weighted by Crippen LogP contribution is -2.37. The van der Waals surface area contributed by atoms with E-state index in [0.29, 0.717) is 18.7 Å². The number of hydrogen-bond acceptors (Lipinski definition) is 6. The summed E-state index contributed by atoms with van der Waals surface area (Å²) in [7, 11) is 1.61. The molecule has 0 saturated carbocycles. The molecule has 32 heavy (non-hydrogen) atoms. The van der Waals surface area contributed by atoms with Crippen LogP contribution in [0.1, 0.15) is 55.7 Å². The van der Waals surface area contributed by atoms with Crippen LogP contribution in [-0.2, 0) is 9.59 Å². The summed E-state index contributed by atoms with van der Waals surface area (Å²) >= 11 is 1.48. The van der Waals surface area contributed by atoms with Crippen LogP contribution in [0.15, 0.2) is 41.3 Å². The minimum absolute atomic E-state index is 0.142. The van der Waals surface area contributed by atoms with Crippen LogP contribution in [0, 0.1) is 0 Å². The van der Waals surface area contributed by atoms with E-state index in [2.05, 4.69) is 18.7 Å². The number of ether oxygens (including phenoxy) is 1. The summed E-state index contributed by atoms with van der Waals surface area (Å²) in [5.41, 5.74) is 1.59. The number of benzene rings is 1. The monoisotopic (exact) mass is 456 g/mol. The van der Waals surface area contributed by atoms with Crippen molar-refractivity contribution >= 4 is 28.8 Å². The molecule has 0 spiro atoms. The fraction of sp³-hybridized carbons (Fsp3) is 0.440. The maximum atomic E-state index is 13.1. The molecule has 7 heteroatoms. The molecule has 1 aromatic heterocycles. The predicted molar refractivity (Wildman–Crippen MR) is 128 cm³/mol. The Morgan fingerprint density at radius 1 is 1.22 bits per heavy atom. The number of carbonyl (C=O) groups excluding carboxylic acids is 2. The Balaban J connectivity index is 2.09. The zero-order chi connectivity index (χ0) is 23.4. The largest absolute Gasteiger partial charge is 0.507 e. The van der Waals surface area contributed by atoms with Gasteiger partial charge < -0.3 is 19.6 Å². The second kappa shape index (κ2) is 10.3. The zero-order valence-electron chi connectivity index (χ0n) is 19.4. The van der Waals surface area contributed by atoms with Crippen molar-refractivity contribution in [3.8, 4) is 5.75 Å².